The smallest absolute Gasteiger partial charge is 0.407 e. The zero-order valence-electron chi connectivity index (χ0n) is 25.6. The summed E-state index contributed by atoms with van der Waals surface area (Å²) in [6.07, 6.45) is 5.94. The summed E-state index contributed by atoms with van der Waals surface area (Å²) >= 11 is 0. The molecule has 0 unspecified atom stereocenters. The average molecular weight is 620 g/mol. The lowest BCUT2D eigenvalue weighted by Crippen LogP contribution is -2.43. The predicted molar refractivity (Wildman–Crippen MR) is 158 cm³/mol. The van der Waals surface area contributed by atoms with Gasteiger partial charge in [-0.1, -0.05) is 18.7 Å². The van der Waals surface area contributed by atoms with Crippen molar-refractivity contribution < 1.29 is 32.0 Å². The average Bonchev–Trinajstić information content (AvgIpc) is 3.62. The molecule has 0 saturated carbocycles. The number of alkyl carbamates (subject to hydrolysis) is 1. The van der Waals surface area contributed by atoms with Crippen molar-refractivity contribution in [1.82, 2.24) is 25.4 Å². The Hall–Kier alpha value is -4.10. The first-order valence-electron chi connectivity index (χ1n) is 14.7. The minimum absolute atomic E-state index is 0.249. The van der Waals surface area contributed by atoms with E-state index >= 15 is 0 Å². The number of hydrogen-bond acceptors (Lipinski definition) is 10. The van der Waals surface area contributed by atoms with Crippen LogP contribution in [0.15, 0.2) is 53.1 Å². The highest BCUT2D eigenvalue weighted by Gasteiger charge is 2.37. The van der Waals surface area contributed by atoms with Gasteiger partial charge in [0.1, 0.15) is 11.4 Å². The van der Waals surface area contributed by atoms with Gasteiger partial charge in [0.2, 0.25) is 5.95 Å². The molecule has 0 radical (unpaired) electrons. The van der Waals surface area contributed by atoms with E-state index in [4.69, 9.17) is 14.0 Å². The number of nitrogens with one attached hydrogen (secondary N) is 1. The Morgan fingerprint density at radius 3 is 2.45 bits per heavy atom. The van der Waals surface area contributed by atoms with Gasteiger partial charge in [-0.15, -0.1) is 0 Å². The molecule has 1 amide bonds. The molecular weight excluding hydrogens is 579 g/mol. The van der Waals surface area contributed by atoms with Crippen LogP contribution < -0.4 is 19.9 Å². The molecule has 2 aliphatic rings. The minimum atomic E-state index is -1.36. The predicted octanol–water partition coefficient (Wildman–Crippen LogP) is 5.63. The minimum Gasteiger partial charge on any atom is -0.490 e. The second-order valence-corrected chi connectivity index (χ2v) is 11.9. The highest BCUT2D eigenvalue weighted by atomic mass is 19.2. The number of hydrogen-bond donors (Lipinski definition) is 1. The van der Waals surface area contributed by atoms with Gasteiger partial charge in [0.05, 0.1) is 25.0 Å². The van der Waals surface area contributed by atoms with Gasteiger partial charge in [-0.05, 0) is 45.6 Å². The van der Waals surface area contributed by atoms with Crippen LogP contribution in [0.5, 0.6) is 5.75 Å². The maximum Gasteiger partial charge on any atom is 0.407 e. The number of ether oxygens (including phenoxy) is 2. The van der Waals surface area contributed by atoms with E-state index in [-0.39, 0.29) is 19.5 Å². The Bertz CT molecular complexity index is 1330. The maximum absolute atomic E-state index is 14.7. The molecule has 4 heterocycles. The van der Waals surface area contributed by atoms with Crippen LogP contribution in [-0.4, -0.2) is 70.6 Å². The summed E-state index contributed by atoms with van der Waals surface area (Å²) in [6.45, 7) is 12.9. The van der Waals surface area contributed by atoms with Gasteiger partial charge < -0.3 is 29.1 Å². The molecule has 2 saturated heterocycles. The van der Waals surface area contributed by atoms with E-state index in [0.29, 0.717) is 48.2 Å². The highest BCUT2D eigenvalue weighted by Crippen LogP contribution is 2.29. The molecule has 2 aromatic rings. The molecule has 1 N–H and O–H groups in total. The highest BCUT2D eigenvalue weighted by molar-refractivity contribution is 5.68. The Kier molecular flexibility index (Phi) is 10.9. The third-order valence-electron chi connectivity index (χ3n) is 7.33. The summed E-state index contributed by atoms with van der Waals surface area (Å²) in [7, 11) is 0. The number of carbonyl (C=O) groups excluding carboxylic acids is 1. The summed E-state index contributed by atoms with van der Waals surface area (Å²) in [6, 6.07) is -0.00588. The van der Waals surface area contributed by atoms with Crippen LogP contribution in [0.3, 0.4) is 0 Å². The molecule has 2 fully saturated rings. The fourth-order valence-corrected chi connectivity index (χ4v) is 5.05. The third-order valence-corrected chi connectivity index (χ3v) is 7.33. The van der Waals surface area contributed by atoms with Crippen molar-refractivity contribution in [3.63, 3.8) is 0 Å². The second kappa shape index (κ2) is 14.6. The molecular formula is C30H40F3N7O4. The van der Waals surface area contributed by atoms with E-state index in [1.54, 1.807) is 38.1 Å². The van der Waals surface area contributed by atoms with Crippen LogP contribution in [0.1, 0.15) is 52.8 Å². The number of halogens is 3. The molecule has 0 aliphatic carbocycles. The van der Waals surface area contributed by atoms with Crippen molar-refractivity contribution in [2.75, 3.05) is 42.6 Å². The molecule has 240 valence electrons. The lowest BCUT2D eigenvalue weighted by molar-refractivity contribution is 0.0496. The van der Waals surface area contributed by atoms with E-state index in [0.717, 1.165) is 32.4 Å². The van der Waals surface area contributed by atoms with Crippen molar-refractivity contribution >= 4 is 18.1 Å². The first-order valence-corrected chi connectivity index (χ1v) is 14.7. The van der Waals surface area contributed by atoms with E-state index in [2.05, 4.69) is 36.9 Å². The Morgan fingerprint density at radius 2 is 1.84 bits per heavy atom. The topological polar surface area (TPSA) is 119 Å². The zero-order valence-corrected chi connectivity index (χ0v) is 25.6. The zero-order chi connectivity index (χ0) is 31.9. The molecule has 0 bridgehead atoms. The molecule has 0 aromatic carbocycles. The number of anilines is 2. The first kappa shape index (κ1) is 32.8. The van der Waals surface area contributed by atoms with Crippen molar-refractivity contribution in [3.8, 4) is 5.75 Å². The van der Waals surface area contributed by atoms with Crippen molar-refractivity contribution in [3.05, 3.63) is 54.4 Å². The molecule has 11 nitrogen and oxygen atoms in total. The lowest BCUT2D eigenvalue weighted by atomic mass is 9.98. The van der Waals surface area contributed by atoms with Crippen LogP contribution in [0.2, 0.25) is 0 Å². The standard InChI is InChI=1S/C30H40F3N7O4/c1-6-23(32)24(33)13-21(31)12-20-16-40(17-25(20)36-29(41)43-30(3,4)5)27-34-14-22(15-35-27)42-18-19-8-10-39(11-9-19)28-37-26(7-2)38-44-28/h6,13-15,19-20,25H,1,7-12,16-18H2,2-5H3,(H,36,41)/b21-13+,24-23-/t20-,25-/m0/s1. The summed E-state index contributed by atoms with van der Waals surface area (Å²) in [5.74, 6) is -2.06. The summed E-state index contributed by atoms with van der Waals surface area (Å²) < 4.78 is 58.6. The van der Waals surface area contributed by atoms with Gasteiger partial charge in [0, 0.05) is 51.0 Å². The van der Waals surface area contributed by atoms with Crippen molar-refractivity contribution in [1.29, 1.82) is 0 Å². The molecule has 2 aliphatic heterocycles. The quantitative estimate of drug-likeness (QED) is 0.317. The maximum atomic E-state index is 14.7. The van der Waals surface area contributed by atoms with Gasteiger partial charge in [-0.25, -0.2) is 27.9 Å². The van der Waals surface area contributed by atoms with Crippen molar-refractivity contribution in [2.45, 2.75) is 65.0 Å². The number of aryl methyl sites for hydroxylation is 1. The third kappa shape index (κ3) is 9.20. The van der Waals surface area contributed by atoms with Gasteiger partial charge in [0.15, 0.2) is 23.2 Å². The normalized spacial score (nSPS) is 20.4. The van der Waals surface area contributed by atoms with E-state index in [1.165, 1.54) is 0 Å². The van der Waals surface area contributed by atoms with Crippen LogP contribution in [0.25, 0.3) is 0 Å². The van der Waals surface area contributed by atoms with Gasteiger partial charge in [0.25, 0.3) is 0 Å². The van der Waals surface area contributed by atoms with Gasteiger partial charge in [-0.2, -0.15) is 4.98 Å². The van der Waals surface area contributed by atoms with E-state index < -0.39 is 41.1 Å². The summed E-state index contributed by atoms with van der Waals surface area (Å²) in [5, 5.41) is 6.74. The molecule has 2 atom stereocenters. The molecule has 14 heteroatoms. The van der Waals surface area contributed by atoms with Gasteiger partial charge >= 0.3 is 12.1 Å². The summed E-state index contributed by atoms with van der Waals surface area (Å²) in [5.41, 5.74) is -0.734. The Morgan fingerprint density at radius 1 is 1.14 bits per heavy atom. The SMILES string of the molecule is C=C/C(F)=C(F)\C=C(\F)C[C@H]1CN(c2ncc(OCC3CCN(c4nc(CC)no4)CC3)cn2)C[C@@H]1NC(=O)OC(C)(C)C. The van der Waals surface area contributed by atoms with E-state index in [9.17, 15) is 18.0 Å². The van der Waals surface area contributed by atoms with Crippen LogP contribution in [0, 0.1) is 11.8 Å². The van der Waals surface area contributed by atoms with Crippen LogP contribution >= 0.6 is 0 Å². The number of piperidine rings is 1. The number of aromatic nitrogens is 4. The molecule has 2 aromatic heterocycles. The van der Waals surface area contributed by atoms with Gasteiger partial charge in [-0.3, -0.25) is 0 Å². The first-order chi connectivity index (χ1) is 20.9. The Balaban J connectivity index is 1.34. The lowest BCUT2D eigenvalue weighted by Gasteiger charge is -2.30. The Labute approximate surface area is 255 Å². The molecule has 0 spiro atoms. The number of amides is 1. The molecule has 4 rings (SSSR count). The molecule has 44 heavy (non-hydrogen) atoms. The second-order valence-electron chi connectivity index (χ2n) is 11.9. The fourth-order valence-electron chi connectivity index (χ4n) is 5.05. The number of carbonyl (C=O) groups is 1. The monoisotopic (exact) mass is 619 g/mol. The summed E-state index contributed by atoms with van der Waals surface area (Å²) in [4.78, 5) is 29.6. The number of nitrogens with zero attached hydrogens (tertiary/aromatic N) is 6. The van der Waals surface area contributed by atoms with Crippen LogP contribution in [-0.2, 0) is 11.2 Å². The number of allylic oxidation sites excluding steroid dienone is 5. The van der Waals surface area contributed by atoms with Crippen molar-refractivity contribution in [2.24, 2.45) is 11.8 Å². The number of rotatable bonds is 11. The van der Waals surface area contributed by atoms with Crippen LogP contribution in [0.4, 0.5) is 29.9 Å². The fraction of sp³-hybridized carbons (Fsp3) is 0.567. The largest absolute Gasteiger partial charge is 0.490 e. The van der Waals surface area contributed by atoms with E-state index in [1.807, 2.05) is 6.92 Å².